The SMILES string of the molecule is CNCCN/C(N)=C/C=C/S[C@@H](C)O. The van der Waals surface area contributed by atoms with E-state index in [1.54, 1.807) is 24.5 Å². The predicted molar refractivity (Wildman–Crippen MR) is 62.6 cm³/mol. The third-order valence-electron chi connectivity index (χ3n) is 1.33. The van der Waals surface area contributed by atoms with Crippen molar-refractivity contribution in [2.24, 2.45) is 5.73 Å². The van der Waals surface area contributed by atoms with Crippen molar-refractivity contribution >= 4 is 11.8 Å². The predicted octanol–water partition coefficient (Wildman–Crippen LogP) is 0.181. The summed E-state index contributed by atoms with van der Waals surface area (Å²) >= 11 is 1.34. The van der Waals surface area contributed by atoms with E-state index in [0.717, 1.165) is 13.1 Å². The molecule has 0 spiro atoms. The van der Waals surface area contributed by atoms with Crippen LogP contribution in [0.5, 0.6) is 0 Å². The summed E-state index contributed by atoms with van der Waals surface area (Å²) in [6.07, 6.45) is 3.57. The van der Waals surface area contributed by atoms with Gasteiger partial charge >= 0.3 is 0 Å². The highest BCUT2D eigenvalue weighted by Crippen LogP contribution is 2.07. The third-order valence-corrected chi connectivity index (χ3v) is 2.04. The fourth-order valence-electron chi connectivity index (χ4n) is 0.693. The molecule has 0 saturated carbocycles. The second-order valence-electron chi connectivity index (χ2n) is 2.72. The van der Waals surface area contributed by atoms with Gasteiger partial charge in [-0.15, -0.1) is 11.8 Å². The average molecular weight is 217 g/mol. The normalized spacial score (nSPS) is 14.6. The van der Waals surface area contributed by atoms with Gasteiger partial charge in [0, 0.05) is 13.1 Å². The zero-order chi connectivity index (χ0) is 10.8. The molecule has 4 nitrogen and oxygen atoms in total. The van der Waals surface area contributed by atoms with E-state index in [4.69, 9.17) is 10.8 Å². The van der Waals surface area contributed by atoms with Crippen LogP contribution in [0.1, 0.15) is 6.92 Å². The van der Waals surface area contributed by atoms with Crippen LogP contribution in [-0.4, -0.2) is 30.7 Å². The lowest BCUT2D eigenvalue weighted by molar-refractivity contribution is 0.285. The number of nitrogens with two attached hydrogens (primary N) is 1. The molecule has 0 rings (SSSR count). The van der Waals surface area contributed by atoms with Crippen molar-refractivity contribution in [2.45, 2.75) is 12.4 Å². The summed E-state index contributed by atoms with van der Waals surface area (Å²) in [6, 6.07) is 0. The van der Waals surface area contributed by atoms with E-state index in [0.29, 0.717) is 5.82 Å². The van der Waals surface area contributed by atoms with Crippen LogP contribution in [0.15, 0.2) is 23.4 Å². The molecule has 0 fully saturated rings. The molecule has 0 radical (unpaired) electrons. The Bertz CT molecular complexity index is 192. The molecule has 5 N–H and O–H groups in total. The number of thioether (sulfide) groups is 1. The number of rotatable bonds is 7. The van der Waals surface area contributed by atoms with Crippen LogP contribution < -0.4 is 16.4 Å². The van der Waals surface area contributed by atoms with Gasteiger partial charge in [-0.2, -0.15) is 0 Å². The van der Waals surface area contributed by atoms with Crippen LogP contribution >= 0.6 is 11.8 Å². The Balaban J connectivity index is 3.59. The van der Waals surface area contributed by atoms with Gasteiger partial charge in [-0.05, 0) is 25.5 Å². The summed E-state index contributed by atoms with van der Waals surface area (Å²) in [5.41, 5.74) is 5.25. The molecular formula is C9H19N3OS. The molecule has 0 bridgehead atoms. The lowest BCUT2D eigenvalue weighted by Crippen LogP contribution is -2.27. The van der Waals surface area contributed by atoms with E-state index in [2.05, 4.69) is 10.6 Å². The van der Waals surface area contributed by atoms with Crippen LogP contribution in [0, 0.1) is 0 Å². The van der Waals surface area contributed by atoms with Gasteiger partial charge in [0.25, 0.3) is 0 Å². The van der Waals surface area contributed by atoms with E-state index in [1.807, 2.05) is 7.05 Å². The van der Waals surface area contributed by atoms with Crippen molar-refractivity contribution < 1.29 is 5.11 Å². The van der Waals surface area contributed by atoms with Gasteiger partial charge in [-0.1, -0.05) is 6.08 Å². The first kappa shape index (κ1) is 13.4. The van der Waals surface area contributed by atoms with Crippen molar-refractivity contribution in [1.29, 1.82) is 0 Å². The van der Waals surface area contributed by atoms with Crippen LogP contribution in [0.4, 0.5) is 0 Å². The van der Waals surface area contributed by atoms with Crippen molar-refractivity contribution in [2.75, 3.05) is 20.1 Å². The average Bonchev–Trinajstić information content (AvgIpc) is 2.13. The zero-order valence-corrected chi connectivity index (χ0v) is 9.47. The first-order chi connectivity index (χ1) is 6.66. The van der Waals surface area contributed by atoms with E-state index >= 15 is 0 Å². The minimum atomic E-state index is -0.377. The van der Waals surface area contributed by atoms with Crippen molar-refractivity contribution in [3.8, 4) is 0 Å². The molecule has 14 heavy (non-hydrogen) atoms. The van der Waals surface area contributed by atoms with Gasteiger partial charge in [0.15, 0.2) is 0 Å². The van der Waals surface area contributed by atoms with Gasteiger partial charge in [-0.3, -0.25) is 0 Å². The Labute approximate surface area is 89.6 Å². The Kier molecular flexibility index (Phi) is 8.51. The smallest absolute Gasteiger partial charge is 0.100 e. The molecule has 0 aliphatic heterocycles. The number of aliphatic hydroxyl groups is 1. The van der Waals surface area contributed by atoms with E-state index in [1.165, 1.54) is 11.8 Å². The number of allylic oxidation sites excluding steroid dienone is 2. The fraction of sp³-hybridized carbons (Fsp3) is 0.556. The van der Waals surface area contributed by atoms with Gasteiger partial charge in [0.05, 0.1) is 5.82 Å². The fourth-order valence-corrected chi connectivity index (χ4v) is 1.09. The van der Waals surface area contributed by atoms with Gasteiger partial charge in [0.1, 0.15) is 5.44 Å². The highest BCUT2D eigenvalue weighted by atomic mass is 32.2. The molecule has 1 atom stereocenters. The highest BCUT2D eigenvalue weighted by Gasteiger charge is 1.88. The Morgan fingerprint density at radius 1 is 1.57 bits per heavy atom. The summed E-state index contributed by atoms with van der Waals surface area (Å²) < 4.78 is 0. The van der Waals surface area contributed by atoms with Crippen molar-refractivity contribution in [3.05, 3.63) is 23.4 Å². The molecule has 0 aromatic carbocycles. The largest absolute Gasteiger partial charge is 0.386 e. The molecule has 0 aliphatic rings. The maximum Gasteiger partial charge on any atom is 0.100 e. The number of hydrogen-bond acceptors (Lipinski definition) is 5. The molecule has 82 valence electrons. The first-order valence-electron chi connectivity index (χ1n) is 4.51. The molecule has 0 aromatic rings. The van der Waals surface area contributed by atoms with Gasteiger partial charge in [-0.25, -0.2) is 0 Å². The molecule has 0 unspecified atom stereocenters. The number of nitrogens with one attached hydrogen (secondary N) is 2. The zero-order valence-electron chi connectivity index (χ0n) is 8.66. The Morgan fingerprint density at radius 3 is 2.86 bits per heavy atom. The molecule has 0 heterocycles. The minimum Gasteiger partial charge on any atom is -0.386 e. The Morgan fingerprint density at radius 2 is 2.29 bits per heavy atom. The maximum atomic E-state index is 8.93. The van der Waals surface area contributed by atoms with E-state index < -0.39 is 0 Å². The second-order valence-corrected chi connectivity index (χ2v) is 3.94. The van der Waals surface area contributed by atoms with E-state index in [-0.39, 0.29) is 5.44 Å². The topological polar surface area (TPSA) is 70.3 Å². The summed E-state index contributed by atoms with van der Waals surface area (Å²) in [4.78, 5) is 0. The van der Waals surface area contributed by atoms with E-state index in [9.17, 15) is 0 Å². The number of aliphatic hydroxyl groups excluding tert-OH is 1. The molecule has 0 aliphatic carbocycles. The van der Waals surface area contributed by atoms with Crippen LogP contribution in [-0.2, 0) is 0 Å². The standard InChI is InChI=1S/C9H19N3OS/c1-8(13)14-7-3-4-9(10)12-6-5-11-2/h3-4,7-8,11-13H,5-6,10H2,1-2H3/b7-3+,9-4+/t8-/m0/s1. The van der Waals surface area contributed by atoms with Gasteiger partial charge in [0.2, 0.25) is 0 Å². The lowest BCUT2D eigenvalue weighted by Gasteiger charge is -2.04. The lowest BCUT2D eigenvalue weighted by atomic mass is 10.5. The van der Waals surface area contributed by atoms with Crippen LogP contribution in [0.25, 0.3) is 0 Å². The summed E-state index contributed by atoms with van der Waals surface area (Å²) in [7, 11) is 1.89. The molecule has 0 aromatic heterocycles. The first-order valence-corrected chi connectivity index (χ1v) is 5.45. The highest BCUT2D eigenvalue weighted by molar-refractivity contribution is 8.02. The second kappa shape index (κ2) is 8.93. The quantitative estimate of drug-likeness (QED) is 0.278. The molecular weight excluding hydrogens is 198 g/mol. The molecule has 5 heteroatoms. The van der Waals surface area contributed by atoms with Gasteiger partial charge < -0.3 is 21.5 Å². The number of hydrogen-bond donors (Lipinski definition) is 4. The maximum absolute atomic E-state index is 8.93. The minimum absolute atomic E-state index is 0.377. The third kappa shape index (κ3) is 9.44. The molecule has 0 amide bonds. The summed E-state index contributed by atoms with van der Waals surface area (Å²) in [5.74, 6) is 0.627. The van der Waals surface area contributed by atoms with Crippen molar-refractivity contribution in [1.82, 2.24) is 10.6 Å². The monoisotopic (exact) mass is 217 g/mol. The van der Waals surface area contributed by atoms with Crippen LogP contribution in [0.2, 0.25) is 0 Å². The van der Waals surface area contributed by atoms with Crippen LogP contribution in [0.3, 0.4) is 0 Å². The summed E-state index contributed by atoms with van der Waals surface area (Å²) in [5, 5.41) is 16.8. The summed E-state index contributed by atoms with van der Waals surface area (Å²) in [6.45, 7) is 3.39. The molecule has 0 saturated heterocycles. The Hall–Kier alpha value is -0.650. The number of likely N-dealkylation sites (N-methyl/N-ethyl adjacent to an activating group) is 1. The van der Waals surface area contributed by atoms with Crippen molar-refractivity contribution in [3.63, 3.8) is 0 Å².